The highest BCUT2D eigenvalue weighted by molar-refractivity contribution is 5.69. The van der Waals surface area contributed by atoms with Crippen LogP contribution in [0.15, 0.2) is 0 Å². The monoisotopic (exact) mass is 201 g/mol. The lowest BCUT2D eigenvalue weighted by atomic mass is 10.0. The van der Waals surface area contributed by atoms with Gasteiger partial charge in [-0.25, -0.2) is 0 Å². The van der Waals surface area contributed by atoms with Crippen LogP contribution in [0, 0.1) is 11.8 Å². The van der Waals surface area contributed by atoms with E-state index in [1.165, 1.54) is 0 Å². The Morgan fingerprint density at radius 1 is 1.64 bits per heavy atom. The maximum absolute atomic E-state index is 10.7. The molecule has 1 aliphatic rings. The van der Waals surface area contributed by atoms with Crippen LogP contribution in [0.5, 0.6) is 0 Å². The van der Waals surface area contributed by atoms with Crippen LogP contribution in [0.3, 0.4) is 0 Å². The van der Waals surface area contributed by atoms with Crippen molar-refractivity contribution < 1.29 is 15.0 Å². The lowest BCUT2D eigenvalue weighted by Crippen LogP contribution is -2.39. The molecule has 0 aliphatic carbocycles. The van der Waals surface area contributed by atoms with E-state index in [0.717, 1.165) is 13.0 Å². The highest BCUT2D eigenvalue weighted by Crippen LogP contribution is 2.24. The zero-order chi connectivity index (χ0) is 10.7. The molecule has 0 amide bonds. The predicted octanol–water partition coefficient (Wildman–Crippen LogP) is 0.410. The normalized spacial score (nSPS) is 30.5. The quantitative estimate of drug-likeness (QED) is 0.691. The number of aliphatic hydroxyl groups excluding tert-OH is 1. The third-order valence-electron chi connectivity index (χ3n) is 3.11. The highest BCUT2D eigenvalue weighted by Gasteiger charge is 2.32. The summed E-state index contributed by atoms with van der Waals surface area (Å²) in [6, 6.07) is 0.150. The van der Waals surface area contributed by atoms with Gasteiger partial charge in [0.1, 0.15) is 0 Å². The van der Waals surface area contributed by atoms with E-state index in [1.807, 2.05) is 0 Å². The molecule has 14 heavy (non-hydrogen) atoms. The molecule has 1 fully saturated rings. The smallest absolute Gasteiger partial charge is 0.307 e. The van der Waals surface area contributed by atoms with Crippen LogP contribution in [0.2, 0.25) is 0 Å². The van der Waals surface area contributed by atoms with E-state index in [9.17, 15) is 4.79 Å². The second kappa shape index (κ2) is 4.75. The fourth-order valence-corrected chi connectivity index (χ4v) is 2.04. The van der Waals surface area contributed by atoms with Crippen LogP contribution in [-0.2, 0) is 4.79 Å². The van der Waals surface area contributed by atoms with E-state index >= 15 is 0 Å². The van der Waals surface area contributed by atoms with Gasteiger partial charge < -0.3 is 10.2 Å². The molecule has 3 atom stereocenters. The van der Waals surface area contributed by atoms with E-state index in [1.54, 1.807) is 6.92 Å². The maximum atomic E-state index is 10.7. The molecule has 1 rings (SSSR count). The first-order valence-corrected chi connectivity index (χ1v) is 5.14. The van der Waals surface area contributed by atoms with Gasteiger partial charge in [-0.15, -0.1) is 0 Å². The van der Waals surface area contributed by atoms with Gasteiger partial charge in [-0.05, 0) is 18.9 Å². The molecular formula is C10H19NO3. The topological polar surface area (TPSA) is 60.8 Å². The Morgan fingerprint density at radius 2 is 2.29 bits per heavy atom. The van der Waals surface area contributed by atoms with Crippen molar-refractivity contribution in [2.75, 3.05) is 19.7 Å². The summed E-state index contributed by atoms with van der Waals surface area (Å²) in [4.78, 5) is 12.8. The van der Waals surface area contributed by atoms with Crippen LogP contribution in [0.4, 0.5) is 0 Å². The summed E-state index contributed by atoms with van der Waals surface area (Å²) < 4.78 is 0. The summed E-state index contributed by atoms with van der Waals surface area (Å²) in [7, 11) is 0. The van der Waals surface area contributed by atoms with Gasteiger partial charge in [0, 0.05) is 12.6 Å². The van der Waals surface area contributed by atoms with Gasteiger partial charge >= 0.3 is 5.97 Å². The van der Waals surface area contributed by atoms with Gasteiger partial charge in [-0.3, -0.25) is 9.69 Å². The van der Waals surface area contributed by atoms with E-state index < -0.39 is 5.97 Å². The molecular weight excluding hydrogens is 182 g/mol. The first kappa shape index (κ1) is 11.5. The van der Waals surface area contributed by atoms with Crippen molar-refractivity contribution in [1.29, 1.82) is 0 Å². The summed E-state index contributed by atoms with van der Waals surface area (Å²) in [5.74, 6) is -0.642. The van der Waals surface area contributed by atoms with Crippen molar-refractivity contribution in [2.45, 2.75) is 26.3 Å². The Hall–Kier alpha value is -0.610. The largest absolute Gasteiger partial charge is 0.481 e. The third-order valence-corrected chi connectivity index (χ3v) is 3.11. The average Bonchev–Trinajstić information content (AvgIpc) is 2.46. The van der Waals surface area contributed by atoms with E-state index in [4.69, 9.17) is 10.2 Å². The summed E-state index contributed by atoms with van der Waals surface area (Å²) in [6.07, 6.45) is 1.05. The lowest BCUT2D eigenvalue weighted by Gasteiger charge is -2.26. The fraction of sp³-hybridized carbons (Fsp3) is 0.900. The zero-order valence-corrected chi connectivity index (χ0v) is 8.81. The van der Waals surface area contributed by atoms with Gasteiger partial charge in [0.25, 0.3) is 0 Å². The standard InChI is InChI=1S/C10H19NO3/c1-7-3-4-11(9(7)6-12)5-8(2)10(13)14/h7-9,12H,3-6H2,1-2H3,(H,13,14). The Morgan fingerprint density at radius 3 is 2.79 bits per heavy atom. The average molecular weight is 201 g/mol. The number of likely N-dealkylation sites (tertiary alicyclic amines) is 1. The number of carboxylic acid groups (broad SMARTS) is 1. The molecule has 3 unspecified atom stereocenters. The number of aliphatic carboxylic acids is 1. The number of hydrogen-bond acceptors (Lipinski definition) is 3. The molecule has 0 bridgehead atoms. The van der Waals surface area contributed by atoms with Gasteiger partial charge in [0.05, 0.1) is 12.5 Å². The van der Waals surface area contributed by atoms with Crippen molar-refractivity contribution in [1.82, 2.24) is 4.90 Å². The van der Waals surface area contributed by atoms with Gasteiger partial charge in [0.15, 0.2) is 0 Å². The first-order valence-electron chi connectivity index (χ1n) is 5.14. The molecule has 0 saturated carbocycles. The summed E-state index contributed by atoms with van der Waals surface area (Å²) in [6.45, 7) is 5.40. The molecule has 1 heterocycles. The molecule has 0 spiro atoms. The van der Waals surface area contributed by atoms with Crippen LogP contribution in [-0.4, -0.2) is 46.8 Å². The van der Waals surface area contributed by atoms with Gasteiger partial charge in [-0.1, -0.05) is 13.8 Å². The zero-order valence-electron chi connectivity index (χ0n) is 8.81. The lowest BCUT2D eigenvalue weighted by molar-refractivity contribution is -0.141. The van der Waals surface area contributed by atoms with Crippen LogP contribution in [0.25, 0.3) is 0 Å². The SMILES string of the molecule is CC(CN1CCC(C)C1CO)C(=O)O. The van der Waals surface area contributed by atoms with Gasteiger partial charge in [-0.2, -0.15) is 0 Å². The van der Waals surface area contributed by atoms with E-state index in [-0.39, 0.29) is 18.6 Å². The number of nitrogens with zero attached hydrogens (tertiary/aromatic N) is 1. The first-order chi connectivity index (χ1) is 6.56. The van der Waals surface area contributed by atoms with Crippen molar-refractivity contribution >= 4 is 5.97 Å². The molecule has 1 aliphatic heterocycles. The molecule has 0 aromatic carbocycles. The van der Waals surface area contributed by atoms with E-state index in [2.05, 4.69) is 11.8 Å². The van der Waals surface area contributed by atoms with Crippen LogP contribution in [0.1, 0.15) is 20.3 Å². The van der Waals surface area contributed by atoms with Gasteiger partial charge in [0.2, 0.25) is 0 Å². The molecule has 0 aromatic rings. The highest BCUT2D eigenvalue weighted by atomic mass is 16.4. The number of hydrogen-bond donors (Lipinski definition) is 2. The summed E-state index contributed by atoms with van der Waals surface area (Å²) in [5, 5.41) is 17.9. The predicted molar refractivity (Wildman–Crippen MR) is 53.0 cm³/mol. The minimum absolute atomic E-state index is 0.132. The summed E-state index contributed by atoms with van der Waals surface area (Å²) in [5.41, 5.74) is 0. The Balaban J connectivity index is 2.48. The molecule has 0 aromatic heterocycles. The van der Waals surface area contributed by atoms with Crippen molar-refractivity contribution in [3.05, 3.63) is 0 Å². The maximum Gasteiger partial charge on any atom is 0.307 e. The molecule has 82 valence electrons. The minimum atomic E-state index is -0.763. The van der Waals surface area contributed by atoms with Crippen LogP contribution >= 0.6 is 0 Å². The number of rotatable bonds is 4. The second-order valence-electron chi connectivity index (χ2n) is 4.25. The second-order valence-corrected chi connectivity index (χ2v) is 4.25. The molecule has 4 heteroatoms. The number of carboxylic acids is 1. The van der Waals surface area contributed by atoms with Crippen molar-refractivity contribution in [3.63, 3.8) is 0 Å². The molecule has 4 nitrogen and oxygen atoms in total. The Labute approximate surface area is 84.5 Å². The Kier molecular flexibility index (Phi) is 3.89. The third kappa shape index (κ3) is 2.45. The number of carbonyl (C=O) groups is 1. The molecule has 0 radical (unpaired) electrons. The fourth-order valence-electron chi connectivity index (χ4n) is 2.04. The van der Waals surface area contributed by atoms with Crippen LogP contribution < -0.4 is 0 Å². The van der Waals surface area contributed by atoms with Crippen molar-refractivity contribution in [2.24, 2.45) is 11.8 Å². The van der Waals surface area contributed by atoms with E-state index in [0.29, 0.717) is 12.5 Å². The molecule has 2 N–H and O–H groups in total. The Bertz CT molecular complexity index is 208. The number of aliphatic hydroxyl groups is 1. The van der Waals surface area contributed by atoms with Crippen molar-refractivity contribution in [3.8, 4) is 0 Å². The summed E-state index contributed by atoms with van der Waals surface area (Å²) >= 11 is 0. The minimum Gasteiger partial charge on any atom is -0.481 e. The molecule has 1 saturated heterocycles.